The van der Waals surface area contributed by atoms with Crippen LogP contribution in [0.3, 0.4) is 0 Å². The second-order valence-electron chi connectivity index (χ2n) is 4.53. The highest BCUT2D eigenvalue weighted by atomic mass is 31.2. The SMILES string of the molecule is CO[Si](C)(CCCOc1ccc(P(=O)(O)O)cc1)OC. The molecule has 0 unspecified atom stereocenters. The van der Waals surface area contributed by atoms with Gasteiger partial charge in [0.25, 0.3) is 0 Å². The standard InChI is InChI=1S/C12H21O6PSi/c1-16-20(3,17-2)10-4-9-18-11-5-7-12(8-6-11)19(13,14)15/h5-8H,4,9-10H2,1-3H3,(H2,13,14,15). The van der Waals surface area contributed by atoms with E-state index in [4.69, 9.17) is 23.4 Å². The van der Waals surface area contributed by atoms with Crippen LogP contribution in [0, 0.1) is 0 Å². The van der Waals surface area contributed by atoms with Gasteiger partial charge in [0.2, 0.25) is 0 Å². The van der Waals surface area contributed by atoms with Crippen molar-refractivity contribution in [1.29, 1.82) is 0 Å². The van der Waals surface area contributed by atoms with Crippen molar-refractivity contribution in [2.45, 2.75) is 19.0 Å². The van der Waals surface area contributed by atoms with Gasteiger partial charge >= 0.3 is 16.2 Å². The molecule has 1 aromatic rings. The van der Waals surface area contributed by atoms with E-state index < -0.39 is 16.2 Å². The molecule has 0 fully saturated rings. The molecule has 0 bridgehead atoms. The van der Waals surface area contributed by atoms with Gasteiger partial charge in [-0.2, -0.15) is 0 Å². The summed E-state index contributed by atoms with van der Waals surface area (Å²) >= 11 is 0. The first-order chi connectivity index (χ1) is 9.30. The van der Waals surface area contributed by atoms with Crippen molar-refractivity contribution in [2.24, 2.45) is 0 Å². The zero-order valence-electron chi connectivity index (χ0n) is 11.9. The Morgan fingerprint density at radius 1 is 1.15 bits per heavy atom. The first kappa shape index (κ1) is 17.4. The van der Waals surface area contributed by atoms with Crippen LogP contribution in [0.1, 0.15) is 6.42 Å². The van der Waals surface area contributed by atoms with E-state index in [-0.39, 0.29) is 5.30 Å². The molecule has 0 amide bonds. The van der Waals surface area contributed by atoms with Gasteiger partial charge in [-0.3, -0.25) is 4.57 Å². The molecule has 2 N–H and O–H groups in total. The van der Waals surface area contributed by atoms with E-state index in [0.717, 1.165) is 12.5 Å². The fourth-order valence-corrected chi connectivity index (χ4v) is 3.51. The van der Waals surface area contributed by atoms with Crippen LogP contribution in [-0.2, 0) is 13.4 Å². The molecule has 0 atom stereocenters. The molecule has 0 radical (unpaired) electrons. The summed E-state index contributed by atoms with van der Waals surface area (Å²) in [5.41, 5.74) is 0. The third kappa shape index (κ3) is 5.36. The van der Waals surface area contributed by atoms with Crippen molar-refractivity contribution in [1.82, 2.24) is 0 Å². The van der Waals surface area contributed by atoms with Crippen molar-refractivity contribution < 1.29 is 27.9 Å². The summed E-state index contributed by atoms with van der Waals surface area (Å²) in [6.45, 7) is 2.49. The van der Waals surface area contributed by atoms with Crippen LogP contribution in [0.15, 0.2) is 24.3 Å². The van der Waals surface area contributed by atoms with Gasteiger partial charge in [0, 0.05) is 14.2 Å². The molecule has 6 nitrogen and oxygen atoms in total. The number of ether oxygens (including phenoxy) is 1. The minimum absolute atomic E-state index is 0.0106. The monoisotopic (exact) mass is 320 g/mol. The lowest BCUT2D eigenvalue weighted by molar-refractivity contribution is 0.241. The van der Waals surface area contributed by atoms with Gasteiger partial charge in [0.05, 0.1) is 11.9 Å². The molecule has 0 heterocycles. The van der Waals surface area contributed by atoms with Crippen LogP contribution in [0.25, 0.3) is 0 Å². The molecule has 0 saturated carbocycles. The van der Waals surface area contributed by atoms with Gasteiger partial charge < -0.3 is 23.4 Å². The maximum Gasteiger partial charge on any atom is 0.356 e. The van der Waals surface area contributed by atoms with Crippen molar-refractivity contribution in [3.63, 3.8) is 0 Å². The summed E-state index contributed by atoms with van der Waals surface area (Å²) in [5.74, 6) is 0.584. The van der Waals surface area contributed by atoms with Crippen LogP contribution in [0.4, 0.5) is 0 Å². The van der Waals surface area contributed by atoms with Crippen molar-refractivity contribution in [3.8, 4) is 5.75 Å². The summed E-state index contributed by atoms with van der Waals surface area (Å²) in [6, 6.07) is 6.68. The van der Waals surface area contributed by atoms with Crippen LogP contribution in [0.2, 0.25) is 12.6 Å². The Bertz CT molecular complexity index is 454. The largest absolute Gasteiger partial charge is 0.494 e. The number of hydrogen-bond acceptors (Lipinski definition) is 4. The van der Waals surface area contributed by atoms with E-state index in [1.165, 1.54) is 12.1 Å². The van der Waals surface area contributed by atoms with E-state index in [1.54, 1.807) is 26.4 Å². The first-order valence-corrected chi connectivity index (χ1v) is 10.3. The highest BCUT2D eigenvalue weighted by Gasteiger charge is 2.27. The van der Waals surface area contributed by atoms with Crippen molar-refractivity contribution in [2.75, 3.05) is 20.8 Å². The Hall–Kier alpha value is -0.693. The van der Waals surface area contributed by atoms with Gasteiger partial charge in [-0.1, -0.05) is 0 Å². The normalized spacial score (nSPS) is 12.4. The Labute approximate surface area is 120 Å². The molecule has 114 valence electrons. The van der Waals surface area contributed by atoms with Crippen LogP contribution >= 0.6 is 7.60 Å². The topological polar surface area (TPSA) is 85.2 Å². The molecule has 0 aliphatic heterocycles. The molecule has 1 rings (SSSR count). The van der Waals surface area contributed by atoms with E-state index >= 15 is 0 Å². The van der Waals surface area contributed by atoms with Gasteiger partial charge in [-0.15, -0.1) is 0 Å². The molecular weight excluding hydrogens is 299 g/mol. The minimum Gasteiger partial charge on any atom is -0.494 e. The van der Waals surface area contributed by atoms with E-state index in [9.17, 15) is 4.57 Å². The van der Waals surface area contributed by atoms with Crippen molar-refractivity contribution in [3.05, 3.63) is 24.3 Å². The van der Waals surface area contributed by atoms with Gasteiger partial charge in [-0.05, 0) is 43.3 Å². The van der Waals surface area contributed by atoms with Crippen molar-refractivity contribution >= 4 is 21.5 Å². The second kappa shape index (κ2) is 7.35. The Morgan fingerprint density at radius 2 is 1.70 bits per heavy atom. The average molecular weight is 320 g/mol. The summed E-state index contributed by atoms with van der Waals surface area (Å²) < 4.78 is 27.3. The third-order valence-corrected chi connectivity index (χ3v) is 7.04. The zero-order chi connectivity index (χ0) is 15.2. The van der Waals surface area contributed by atoms with Crippen LogP contribution in [0.5, 0.6) is 5.75 Å². The lowest BCUT2D eigenvalue weighted by atomic mass is 10.3. The molecule has 1 aromatic carbocycles. The second-order valence-corrected chi connectivity index (χ2v) is 9.72. The number of rotatable bonds is 8. The predicted molar refractivity (Wildman–Crippen MR) is 78.7 cm³/mol. The van der Waals surface area contributed by atoms with Crippen LogP contribution in [-0.4, -0.2) is 39.2 Å². The lowest BCUT2D eigenvalue weighted by Crippen LogP contribution is -2.36. The summed E-state index contributed by atoms with van der Waals surface area (Å²) in [5, 5.41) is -0.0106. The summed E-state index contributed by atoms with van der Waals surface area (Å²) in [7, 11) is -2.94. The molecule has 20 heavy (non-hydrogen) atoms. The highest BCUT2D eigenvalue weighted by molar-refractivity contribution is 7.60. The Morgan fingerprint density at radius 3 is 2.15 bits per heavy atom. The molecule has 0 aliphatic rings. The molecule has 0 saturated heterocycles. The lowest BCUT2D eigenvalue weighted by Gasteiger charge is -2.22. The van der Waals surface area contributed by atoms with Gasteiger partial charge in [0.15, 0.2) is 0 Å². The predicted octanol–water partition coefficient (Wildman–Crippen LogP) is 1.62. The smallest absolute Gasteiger partial charge is 0.356 e. The maximum atomic E-state index is 11.0. The number of benzene rings is 1. The third-order valence-electron chi connectivity index (χ3n) is 3.08. The Kier molecular flexibility index (Phi) is 6.38. The maximum absolute atomic E-state index is 11.0. The van der Waals surface area contributed by atoms with E-state index in [2.05, 4.69) is 0 Å². The van der Waals surface area contributed by atoms with Gasteiger partial charge in [0.1, 0.15) is 5.75 Å². The van der Waals surface area contributed by atoms with E-state index in [0.29, 0.717) is 12.4 Å². The van der Waals surface area contributed by atoms with Gasteiger partial charge in [-0.25, -0.2) is 0 Å². The highest BCUT2D eigenvalue weighted by Crippen LogP contribution is 2.33. The minimum atomic E-state index is -4.18. The summed E-state index contributed by atoms with van der Waals surface area (Å²) in [4.78, 5) is 18.0. The van der Waals surface area contributed by atoms with E-state index in [1.807, 2.05) is 6.55 Å². The molecule has 8 heteroatoms. The number of hydrogen-bond donors (Lipinski definition) is 2. The molecular formula is C12H21O6PSi. The molecule has 0 spiro atoms. The van der Waals surface area contributed by atoms with Crippen LogP contribution < -0.4 is 10.0 Å². The molecule has 0 aliphatic carbocycles. The Balaban J connectivity index is 2.42. The fourth-order valence-electron chi connectivity index (χ4n) is 1.61. The fraction of sp³-hybridized carbons (Fsp3) is 0.500. The zero-order valence-corrected chi connectivity index (χ0v) is 13.8. The average Bonchev–Trinajstić information content (AvgIpc) is 2.43. The first-order valence-electron chi connectivity index (χ1n) is 6.20. The summed E-state index contributed by atoms with van der Waals surface area (Å²) in [6.07, 6.45) is 0.796. The quantitative estimate of drug-likeness (QED) is 0.430. The molecule has 0 aromatic heterocycles.